The van der Waals surface area contributed by atoms with Crippen LogP contribution in [0.1, 0.15) is 11.4 Å². The topological polar surface area (TPSA) is 48.4 Å². The highest BCUT2D eigenvalue weighted by atomic mass is 16.3. The van der Waals surface area contributed by atoms with Crippen LogP contribution >= 0.6 is 0 Å². The molecule has 4 heteroatoms. The summed E-state index contributed by atoms with van der Waals surface area (Å²) in [4.78, 5) is 6.66. The number of nitrogens with zero attached hydrogens (tertiary/aromatic N) is 2. The van der Waals surface area contributed by atoms with Gasteiger partial charge in [0.05, 0.1) is 18.0 Å². The molecule has 1 heterocycles. The first-order valence-electron chi connectivity index (χ1n) is 5.83. The molecule has 0 aliphatic heterocycles. The monoisotopic (exact) mass is 235 g/mol. The van der Waals surface area contributed by atoms with Gasteiger partial charge >= 0.3 is 0 Å². The van der Waals surface area contributed by atoms with E-state index >= 15 is 0 Å². The summed E-state index contributed by atoms with van der Waals surface area (Å²) in [6.07, 6.45) is 1.84. The number of hydrogen-bond donors (Lipinski definition) is 2. The Hall–Kier alpha value is -1.23. The summed E-state index contributed by atoms with van der Waals surface area (Å²) in [6, 6.07) is 6.02. The van der Waals surface area contributed by atoms with Crippen LogP contribution in [-0.4, -0.2) is 41.7 Å². The summed E-state index contributed by atoms with van der Waals surface area (Å²) in [5.41, 5.74) is 2.06. The van der Waals surface area contributed by atoms with E-state index in [0.29, 0.717) is 6.54 Å². The lowest BCUT2D eigenvalue weighted by atomic mass is 10.2. The van der Waals surface area contributed by atoms with Gasteiger partial charge < -0.3 is 10.4 Å². The summed E-state index contributed by atoms with van der Waals surface area (Å²) < 4.78 is 0. The average Bonchev–Trinajstić information content (AvgIpc) is 2.30. The summed E-state index contributed by atoms with van der Waals surface area (Å²) in [7, 11) is 1.91. The van der Waals surface area contributed by atoms with Gasteiger partial charge in [-0.1, -0.05) is 12.1 Å². The first kappa shape index (κ1) is 13.8. The highest BCUT2D eigenvalue weighted by Gasteiger charge is 2.05. The van der Waals surface area contributed by atoms with Gasteiger partial charge in [-0.25, -0.2) is 0 Å². The second-order valence-electron chi connectivity index (χ2n) is 3.90. The second kappa shape index (κ2) is 7.95. The summed E-state index contributed by atoms with van der Waals surface area (Å²) >= 11 is 0. The van der Waals surface area contributed by atoms with Gasteiger partial charge in [-0.2, -0.15) is 0 Å². The maximum Gasteiger partial charge on any atom is 0.0558 e. The molecule has 0 saturated heterocycles. The first-order valence-corrected chi connectivity index (χ1v) is 5.83. The molecule has 0 radical (unpaired) electrons. The molecule has 1 aromatic rings. The maximum absolute atomic E-state index is 8.97. The number of aromatic nitrogens is 1. The summed E-state index contributed by atoms with van der Waals surface area (Å²) in [5.74, 6) is 0. The molecule has 0 atom stereocenters. The highest BCUT2D eigenvalue weighted by molar-refractivity contribution is 5.11. The molecule has 0 spiro atoms. The van der Waals surface area contributed by atoms with Gasteiger partial charge in [-0.05, 0) is 19.2 Å². The molecule has 94 valence electrons. The molecule has 1 aromatic heterocycles. The van der Waals surface area contributed by atoms with Gasteiger partial charge in [0.2, 0.25) is 0 Å². The summed E-state index contributed by atoms with van der Waals surface area (Å²) in [5, 5.41) is 12.1. The van der Waals surface area contributed by atoms with Crippen LogP contribution in [0.3, 0.4) is 0 Å². The fourth-order valence-corrected chi connectivity index (χ4v) is 1.68. The van der Waals surface area contributed by atoms with Crippen molar-refractivity contribution in [2.24, 2.45) is 0 Å². The Bertz CT molecular complexity index is 341. The molecule has 0 aliphatic carbocycles. The zero-order chi connectivity index (χ0) is 12.5. The van der Waals surface area contributed by atoms with Crippen molar-refractivity contribution in [1.29, 1.82) is 0 Å². The molecule has 4 nitrogen and oxygen atoms in total. The van der Waals surface area contributed by atoms with E-state index in [9.17, 15) is 0 Å². The van der Waals surface area contributed by atoms with E-state index in [0.717, 1.165) is 31.0 Å². The Balaban J connectivity index is 2.63. The minimum Gasteiger partial charge on any atom is -0.395 e. The third-order valence-corrected chi connectivity index (χ3v) is 2.41. The van der Waals surface area contributed by atoms with Crippen molar-refractivity contribution in [2.75, 3.05) is 26.7 Å². The van der Waals surface area contributed by atoms with Gasteiger partial charge in [0.15, 0.2) is 0 Å². The van der Waals surface area contributed by atoms with Crippen LogP contribution in [0.15, 0.2) is 30.9 Å². The molecule has 17 heavy (non-hydrogen) atoms. The Labute approximate surface area is 103 Å². The van der Waals surface area contributed by atoms with Gasteiger partial charge in [-0.3, -0.25) is 9.88 Å². The van der Waals surface area contributed by atoms with Crippen LogP contribution < -0.4 is 5.32 Å². The fraction of sp³-hybridized carbons (Fsp3) is 0.462. The van der Waals surface area contributed by atoms with E-state index in [-0.39, 0.29) is 6.61 Å². The molecule has 0 aliphatic rings. The molecule has 1 rings (SSSR count). The van der Waals surface area contributed by atoms with Crippen LogP contribution in [0.4, 0.5) is 0 Å². The van der Waals surface area contributed by atoms with E-state index in [2.05, 4.69) is 21.8 Å². The standard InChI is InChI=1S/C13H21N3O/c1-3-7-16(8-9-17)11-13-6-4-5-12(15-13)10-14-2/h3-6,14,17H,1,7-11H2,2H3. The van der Waals surface area contributed by atoms with Crippen LogP contribution in [0, 0.1) is 0 Å². The number of pyridine rings is 1. The van der Waals surface area contributed by atoms with E-state index < -0.39 is 0 Å². The van der Waals surface area contributed by atoms with Crippen molar-refractivity contribution < 1.29 is 5.11 Å². The lowest BCUT2D eigenvalue weighted by Gasteiger charge is -2.19. The molecule has 0 amide bonds. The van der Waals surface area contributed by atoms with Crippen molar-refractivity contribution in [3.63, 3.8) is 0 Å². The largest absolute Gasteiger partial charge is 0.395 e. The second-order valence-corrected chi connectivity index (χ2v) is 3.90. The van der Waals surface area contributed by atoms with Crippen LogP contribution in [0.2, 0.25) is 0 Å². The SMILES string of the molecule is C=CCN(CCO)Cc1cccc(CNC)n1. The normalized spacial score (nSPS) is 10.8. The van der Waals surface area contributed by atoms with Gasteiger partial charge in [0.25, 0.3) is 0 Å². The summed E-state index contributed by atoms with van der Waals surface area (Å²) in [6.45, 7) is 6.79. The van der Waals surface area contributed by atoms with Crippen LogP contribution in [0.5, 0.6) is 0 Å². The predicted molar refractivity (Wildman–Crippen MR) is 69.6 cm³/mol. The lowest BCUT2D eigenvalue weighted by Crippen LogP contribution is -2.27. The van der Waals surface area contributed by atoms with Crippen molar-refractivity contribution in [2.45, 2.75) is 13.1 Å². The van der Waals surface area contributed by atoms with Crippen LogP contribution in [-0.2, 0) is 13.1 Å². The number of nitrogens with one attached hydrogen (secondary N) is 1. The number of rotatable bonds is 8. The molecular formula is C13H21N3O. The van der Waals surface area contributed by atoms with Crippen molar-refractivity contribution in [1.82, 2.24) is 15.2 Å². The first-order chi connectivity index (χ1) is 8.30. The molecule has 0 bridgehead atoms. The van der Waals surface area contributed by atoms with Crippen molar-refractivity contribution >= 4 is 0 Å². The Morgan fingerprint density at radius 1 is 1.47 bits per heavy atom. The van der Waals surface area contributed by atoms with Gasteiger partial charge in [0, 0.05) is 26.2 Å². The van der Waals surface area contributed by atoms with E-state index in [1.165, 1.54) is 0 Å². The smallest absolute Gasteiger partial charge is 0.0558 e. The van der Waals surface area contributed by atoms with Crippen LogP contribution in [0.25, 0.3) is 0 Å². The quantitative estimate of drug-likeness (QED) is 0.654. The zero-order valence-electron chi connectivity index (χ0n) is 10.4. The number of aliphatic hydroxyl groups is 1. The highest BCUT2D eigenvalue weighted by Crippen LogP contribution is 2.03. The third-order valence-electron chi connectivity index (χ3n) is 2.41. The zero-order valence-corrected chi connectivity index (χ0v) is 10.4. The molecule has 0 saturated carbocycles. The van der Waals surface area contributed by atoms with Crippen molar-refractivity contribution in [3.05, 3.63) is 42.2 Å². The van der Waals surface area contributed by atoms with Crippen molar-refractivity contribution in [3.8, 4) is 0 Å². The maximum atomic E-state index is 8.97. The molecule has 2 N–H and O–H groups in total. The van der Waals surface area contributed by atoms with E-state index in [1.54, 1.807) is 0 Å². The molecule has 0 unspecified atom stereocenters. The van der Waals surface area contributed by atoms with Gasteiger partial charge in [0.1, 0.15) is 0 Å². The lowest BCUT2D eigenvalue weighted by molar-refractivity contribution is 0.202. The minimum absolute atomic E-state index is 0.157. The van der Waals surface area contributed by atoms with E-state index in [4.69, 9.17) is 5.11 Å². The Kier molecular flexibility index (Phi) is 6.47. The van der Waals surface area contributed by atoms with E-state index in [1.807, 2.05) is 31.3 Å². The number of aliphatic hydroxyl groups excluding tert-OH is 1. The fourth-order valence-electron chi connectivity index (χ4n) is 1.68. The minimum atomic E-state index is 0.157. The molecular weight excluding hydrogens is 214 g/mol. The number of hydrogen-bond acceptors (Lipinski definition) is 4. The molecule has 0 fully saturated rings. The van der Waals surface area contributed by atoms with Gasteiger partial charge in [-0.15, -0.1) is 6.58 Å². The average molecular weight is 235 g/mol. The Morgan fingerprint density at radius 2 is 2.24 bits per heavy atom. The molecule has 0 aromatic carbocycles. The Morgan fingerprint density at radius 3 is 2.88 bits per heavy atom. The third kappa shape index (κ3) is 5.08. The predicted octanol–water partition coefficient (Wildman–Crippen LogP) is 0.781.